The van der Waals surface area contributed by atoms with Crippen molar-refractivity contribution in [3.63, 3.8) is 0 Å². The normalized spacial score (nSPS) is 22.7. The Kier molecular flexibility index (Phi) is 7.59. The summed E-state index contributed by atoms with van der Waals surface area (Å²) in [4.78, 5) is 21.3. The molecule has 3 rings (SSSR count). The van der Waals surface area contributed by atoms with Crippen molar-refractivity contribution in [1.29, 1.82) is 0 Å². The van der Waals surface area contributed by atoms with Gasteiger partial charge in [-0.05, 0) is 30.6 Å². The number of hydrogen-bond acceptors (Lipinski definition) is 4. The fourth-order valence-electron chi connectivity index (χ4n) is 4.40. The minimum Gasteiger partial charge on any atom is -1.00 e. The van der Waals surface area contributed by atoms with Crippen molar-refractivity contribution in [1.82, 2.24) is 14.5 Å². The van der Waals surface area contributed by atoms with Crippen LogP contribution in [0, 0.1) is 17.8 Å². The number of aromatic nitrogens is 4. The molecule has 7 heteroatoms. The van der Waals surface area contributed by atoms with E-state index in [1.807, 2.05) is 16.2 Å². The summed E-state index contributed by atoms with van der Waals surface area (Å²) < 4.78 is 10.0. The van der Waals surface area contributed by atoms with Gasteiger partial charge in [0.15, 0.2) is 18.4 Å². The number of fused-ring (bicyclic) bond motifs is 1. The molecule has 27 heavy (non-hydrogen) atoms. The Balaban J connectivity index is 0.00000261. The third-order valence-electron chi connectivity index (χ3n) is 5.83. The van der Waals surface area contributed by atoms with Gasteiger partial charge in [-0.2, -0.15) is 0 Å². The average Bonchev–Trinajstić information content (AvgIpc) is 2.86. The van der Waals surface area contributed by atoms with Gasteiger partial charge >= 0.3 is 11.6 Å². The minimum absolute atomic E-state index is 0. The van der Waals surface area contributed by atoms with Crippen LogP contribution in [-0.2, 0) is 29.5 Å². The van der Waals surface area contributed by atoms with Crippen molar-refractivity contribution in [3.8, 4) is 0 Å². The van der Waals surface area contributed by atoms with Crippen molar-refractivity contribution >= 4 is 17.1 Å². The summed E-state index contributed by atoms with van der Waals surface area (Å²) in [7, 11) is 1.98. The lowest BCUT2D eigenvalue weighted by Gasteiger charge is -2.36. The SMILES string of the molecule is CCc1n(CC(=O)OC2C[C@H](C)CC[C@H]2C(C)C)c2cncnc2[n+]1C.[I-]. The number of ether oxygens (including phenoxy) is 1. The second-order valence-electron chi connectivity index (χ2n) is 8.00. The number of carbonyl (C=O) groups excluding carboxylic acids is 1. The molecule has 0 amide bonds. The highest BCUT2D eigenvalue weighted by molar-refractivity contribution is 5.73. The molecule has 1 saturated carbocycles. The molecule has 0 radical (unpaired) electrons. The number of esters is 1. The van der Waals surface area contributed by atoms with Crippen LogP contribution in [0.5, 0.6) is 0 Å². The third kappa shape index (κ3) is 4.60. The van der Waals surface area contributed by atoms with Crippen LogP contribution in [0.2, 0.25) is 0 Å². The molecule has 0 aliphatic heterocycles. The molecule has 2 heterocycles. The maximum atomic E-state index is 12.8. The first kappa shape index (κ1) is 22.0. The van der Waals surface area contributed by atoms with Gasteiger partial charge < -0.3 is 28.7 Å². The first-order valence-electron chi connectivity index (χ1n) is 9.78. The molecule has 1 fully saturated rings. The van der Waals surface area contributed by atoms with Gasteiger partial charge in [-0.3, -0.25) is 0 Å². The van der Waals surface area contributed by atoms with Crippen LogP contribution in [0.25, 0.3) is 11.2 Å². The molecule has 3 atom stereocenters. The van der Waals surface area contributed by atoms with E-state index in [2.05, 4.69) is 37.7 Å². The molecule has 0 spiro atoms. The van der Waals surface area contributed by atoms with Gasteiger partial charge in [0.1, 0.15) is 6.10 Å². The highest BCUT2D eigenvalue weighted by Crippen LogP contribution is 2.35. The van der Waals surface area contributed by atoms with E-state index in [1.54, 1.807) is 12.5 Å². The summed E-state index contributed by atoms with van der Waals surface area (Å²) in [6.45, 7) is 9.01. The number of carbonyl (C=O) groups is 1. The standard InChI is InChI=1S/C20H31N4O2.HI/c1-6-18-23(5)20-16(10-21-12-22-20)24(18)11-19(25)26-17-9-14(4)7-8-15(17)13(2)3;/h10,12-15,17H,6-9,11H2,1-5H3;1H/q+1;/p-1/t14-,15+,17?;/m1./s1. The van der Waals surface area contributed by atoms with E-state index in [9.17, 15) is 4.79 Å². The molecule has 0 saturated heterocycles. The van der Waals surface area contributed by atoms with Gasteiger partial charge in [-0.1, -0.05) is 39.1 Å². The quantitative estimate of drug-likeness (QED) is 0.335. The van der Waals surface area contributed by atoms with Gasteiger partial charge in [-0.15, -0.1) is 0 Å². The monoisotopic (exact) mass is 486 g/mol. The van der Waals surface area contributed by atoms with Crippen LogP contribution < -0.4 is 28.5 Å². The van der Waals surface area contributed by atoms with Crippen LogP contribution in [0.15, 0.2) is 12.5 Å². The lowest BCUT2D eigenvalue weighted by atomic mass is 9.75. The molecule has 1 aliphatic carbocycles. The summed E-state index contributed by atoms with van der Waals surface area (Å²) in [5.74, 6) is 2.50. The molecule has 1 unspecified atom stereocenters. The van der Waals surface area contributed by atoms with E-state index in [-0.39, 0.29) is 42.6 Å². The highest BCUT2D eigenvalue weighted by atomic mass is 127. The second-order valence-corrected chi connectivity index (χ2v) is 8.00. The van der Waals surface area contributed by atoms with Crippen molar-refractivity contribution in [2.75, 3.05) is 0 Å². The number of aryl methyl sites for hydroxylation is 1. The zero-order chi connectivity index (χ0) is 18.8. The van der Waals surface area contributed by atoms with Crippen molar-refractivity contribution < 1.29 is 38.1 Å². The number of rotatable bonds is 5. The Bertz CT molecular complexity index is 790. The Morgan fingerprint density at radius 2 is 2.15 bits per heavy atom. The van der Waals surface area contributed by atoms with Crippen LogP contribution in [0.3, 0.4) is 0 Å². The van der Waals surface area contributed by atoms with Gasteiger partial charge in [0.05, 0.1) is 13.2 Å². The van der Waals surface area contributed by atoms with E-state index in [0.717, 1.165) is 36.3 Å². The third-order valence-corrected chi connectivity index (χ3v) is 5.83. The number of nitrogens with zero attached hydrogens (tertiary/aromatic N) is 4. The number of halogens is 1. The van der Waals surface area contributed by atoms with Gasteiger partial charge in [0.2, 0.25) is 5.82 Å². The molecule has 2 aromatic rings. The molecule has 1 aliphatic rings. The van der Waals surface area contributed by atoms with Crippen LogP contribution >= 0.6 is 0 Å². The smallest absolute Gasteiger partial charge is 0.341 e. The van der Waals surface area contributed by atoms with Gasteiger partial charge in [0, 0.05) is 6.42 Å². The second kappa shape index (κ2) is 9.30. The van der Waals surface area contributed by atoms with Gasteiger partial charge in [0.25, 0.3) is 0 Å². The lowest BCUT2D eigenvalue weighted by molar-refractivity contribution is -0.655. The summed E-state index contributed by atoms with van der Waals surface area (Å²) in [6, 6.07) is 0. The van der Waals surface area contributed by atoms with E-state index < -0.39 is 0 Å². The van der Waals surface area contributed by atoms with E-state index in [1.165, 1.54) is 6.42 Å². The first-order chi connectivity index (χ1) is 12.4. The van der Waals surface area contributed by atoms with Crippen LogP contribution in [-0.4, -0.2) is 26.6 Å². The van der Waals surface area contributed by atoms with Crippen molar-refractivity contribution in [2.45, 2.75) is 66.0 Å². The van der Waals surface area contributed by atoms with Crippen molar-refractivity contribution in [2.24, 2.45) is 24.8 Å². The summed E-state index contributed by atoms with van der Waals surface area (Å²) in [5, 5.41) is 0. The largest absolute Gasteiger partial charge is 1.00 e. The molecule has 0 N–H and O–H groups in total. The van der Waals surface area contributed by atoms with Gasteiger partial charge in [-0.25, -0.2) is 18.9 Å². The zero-order valence-electron chi connectivity index (χ0n) is 17.0. The maximum absolute atomic E-state index is 12.8. The van der Waals surface area contributed by atoms with Crippen LogP contribution in [0.4, 0.5) is 0 Å². The number of hydrogen-bond donors (Lipinski definition) is 0. The Morgan fingerprint density at radius 3 is 2.81 bits per heavy atom. The molecule has 2 aromatic heterocycles. The average molecular weight is 486 g/mol. The Hall–Kier alpha value is -1.25. The summed E-state index contributed by atoms with van der Waals surface area (Å²) in [5.41, 5.74) is 1.72. The maximum Gasteiger partial charge on any atom is 0.341 e. The predicted octanol–water partition coefficient (Wildman–Crippen LogP) is -0.174. The fraction of sp³-hybridized carbons (Fsp3) is 0.700. The zero-order valence-corrected chi connectivity index (χ0v) is 19.1. The van der Waals surface area contributed by atoms with E-state index in [0.29, 0.717) is 17.8 Å². The summed E-state index contributed by atoms with van der Waals surface area (Å²) in [6.07, 6.45) is 7.50. The lowest BCUT2D eigenvalue weighted by Crippen LogP contribution is -3.00. The molecule has 150 valence electrons. The fourth-order valence-corrected chi connectivity index (χ4v) is 4.40. The molecule has 0 bridgehead atoms. The van der Waals surface area contributed by atoms with Crippen LogP contribution in [0.1, 0.15) is 52.8 Å². The van der Waals surface area contributed by atoms with E-state index in [4.69, 9.17) is 4.74 Å². The predicted molar refractivity (Wildman–Crippen MR) is 99.3 cm³/mol. The first-order valence-corrected chi connectivity index (χ1v) is 9.78. The Morgan fingerprint density at radius 1 is 1.41 bits per heavy atom. The molecular formula is C20H31IN4O2. The van der Waals surface area contributed by atoms with Crippen molar-refractivity contribution in [3.05, 3.63) is 18.3 Å². The molecule has 0 aromatic carbocycles. The summed E-state index contributed by atoms with van der Waals surface area (Å²) >= 11 is 0. The Labute approximate surface area is 178 Å². The topological polar surface area (TPSA) is 60.9 Å². The molecular weight excluding hydrogens is 455 g/mol. The highest BCUT2D eigenvalue weighted by Gasteiger charge is 2.34. The number of imidazole rings is 1. The molecule has 6 nitrogen and oxygen atoms in total. The minimum atomic E-state index is -0.161. The van der Waals surface area contributed by atoms with E-state index >= 15 is 0 Å².